The SMILES string of the molecule is C/C(=C\c1oc2ccc(O)cc2c1[N+](=O)[O-])NCCCC(=O)O. The number of aliphatic carboxylic acids is 1. The highest BCUT2D eigenvalue weighted by Gasteiger charge is 2.23. The van der Waals surface area contributed by atoms with Gasteiger partial charge in [0.05, 0.1) is 4.92 Å². The van der Waals surface area contributed by atoms with E-state index in [9.17, 15) is 20.0 Å². The Hall–Kier alpha value is -3.03. The summed E-state index contributed by atoms with van der Waals surface area (Å²) in [6.45, 7) is 2.14. The molecule has 0 saturated heterocycles. The van der Waals surface area contributed by atoms with E-state index in [0.29, 0.717) is 24.2 Å². The Morgan fingerprint density at radius 1 is 1.48 bits per heavy atom. The second-order valence-corrected chi connectivity index (χ2v) is 5.00. The summed E-state index contributed by atoms with van der Waals surface area (Å²) in [4.78, 5) is 21.1. The van der Waals surface area contributed by atoms with E-state index < -0.39 is 10.9 Å². The van der Waals surface area contributed by atoms with Crippen LogP contribution >= 0.6 is 0 Å². The largest absolute Gasteiger partial charge is 0.508 e. The number of fused-ring (bicyclic) bond motifs is 1. The van der Waals surface area contributed by atoms with Gasteiger partial charge in [0.1, 0.15) is 16.7 Å². The standard InChI is InChI=1S/C15H16N2O6/c1-9(16-6-2-3-14(19)20)7-13-15(17(21)22)11-8-10(18)4-5-12(11)23-13/h4-5,7-8,16,18H,2-3,6H2,1H3,(H,19,20)/b9-7+. The number of nitrogens with one attached hydrogen (secondary N) is 1. The lowest BCUT2D eigenvalue weighted by Gasteiger charge is -2.04. The van der Waals surface area contributed by atoms with Gasteiger partial charge in [-0.2, -0.15) is 0 Å². The normalized spacial score (nSPS) is 11.6. The average molecular weight is 320 g/mol. The van der Waals surface area contributed by atoms with Gasteiger partial charge in [-0.15, -0.1) is 0 Å². The zero-order valence-electron chi connectivity index (χ0n) is 12.4. The molecule has 0 aliphatic carbocycles. The summed E-state index contributed by atoms with van der Waals surface area (Å²) in [6.07, 6.45) is 1.97. The van der Waals surface area contributed by atoms with E-state index in [1.54, 1.807) is 6.92 Å². The van der Waals surface area contributed by atoms with Crippen LogP contribution in [-0.4, -0.2) is 27.7 Å². The molecule has 0 saturated carbocycles. The van der Waals surface area contributed by atoms with Gasteiger partial charge in [-0.1, -0.05) is 0 Å². The molecule has 2 rings (SSSR count). The first kappa shape index (κ1) is 16.3. The molecule has 1 heterocycles. The number of hydrogen-bond donors (Lipinski definition) is 3. The zero-order chi connectivity index (χ0) is 17.0. The van der Waals surface area contributed by atoms with Crippen LogP contribution in [0.25, 0.3) is 17.0 Å². The van der Waals surface area contributed by atoms with Crippen molar-refractivity contribution in [2.24, 2.45) is 0 Å². The van der Waals surface area contributed by atoms with E-state index in [0.717, 1.165) is 0 Å². The highest BCUT2D eigenvalue weighted by molar-refractivity contribution is 5.92. The second-order valence-electron chi connectivity index (χ2n) is 5.00. The molecular formula is C15H16N2O6. The molecule has 0 aliphatic rings. The number of carboxylic acid groups (broad SMARTS) is 1. The van der Waals surface area contributed by atoms with Crippen LogP contribution in [0.3, 0.4) is 0 Å². The maximum atomic E-state index is 11.3. The minimum Gasteiger partial charge on any atom is -0.508 e. The van der Waals surface area contributed by atoms with E-state index in [1.165, 1.54) is 24.3 Å². The lowest BCUT2D eigenvalue weighted by molar-refractivity contribution is -0.383. The van der Waals surface area contributed by atoms with Crippen molar-refractivity contribution in [3.05, 3.63) is 39.8 Å². The minimum absolute atomic E-state index is 0.0460. The molecule has 23 heavy (non-hydrogen) atoms. The van der Waals surface area contributed by atoms with Crippen molar-refractivity contribution in [2.45, 2.75) is 19.8 Å². The number of aromatic hydroxyl groups is 1. The molecule has 8 nitrogen and oxygen atoms in total. The Balaban J connectivity index is 2.24. The van der Waals surface area contributed by atoms with Crippen molar-refractivity contribution in [2.75, 3.05) is 6.54 Å². The maximum Gasteiger partial charge on any atom is 0.322 e. The fourth-order valence-corrected chi connectivity index (χ4v) is 2.15. The maximum absolute atomic E-state index is 11.3. The van der Waals surface area contributed by atoms with E-state index in [2.05, 4.69) is 5.32 Å². The first-order valence-corrected chi connectivity index (χ1v) is 6.92. The van der Waals surface area contributed by atoms with Crippen LogP contribution in [0.15, 0.2) is 28.3 Å². The van der Waals surface area contributed by atoms with Gasteiger partial charge in [0, 0.05) is 24.7 Å². The van der Waals surface area contributed by atoms with Crippen LogP contribution in [0, 0.1) is 10.1 Å². The Morgan fingerprint density at radius 3 is 2.87 bits per heavy atom. The molecule has 122 valence electrons. The number of carboxylic acids is 1. The number of rotatable bonds is 7. The summed E-state index contributed by atoms with van der Waals surface area (Å²) in [7, 11) is 0. The zero-order valence-corrected chi connectivity index (χ0v) is 12.4. The lowest BCUT2D eigenvalue weighted by atomic mass is 10.2. The lowest BCUT2D eigenvalue weighted by Crippen LogP contribution is -2.13. The number of furan rings is 1. The molecule has 0 atom stereocenters. The quantitative estimate of drug-likeness (QED) is 0.407. The number of phenolic OH excluding ortho intramolecular Hbond substituents is 1. The van der Waals surface area contributed by atoms with Gasteiger partial charge in [-0.25, -0.2) is 0 Å². The van der Waals surface area contributed by atoms with Crippen LogP contribution < -0.4 is 5.32 Å². The van der Waals surface area contributed by atoms with Crippen LogP contribution in [0.5, 0.6) is 5.75 Å². The summed E-state index contributed by atoms with van der Waals surface area (Å²) in [6, 6.07) is 4.13. The molecule has 0 amide bonds. The summed E-state index contributed by atoms with van der Waals surface area (Å²) in [5.41, 5.74) is 0.698. The molecule has 0 spiro atoms. The molecular weight excluding hydrogens is 304 g/mol. The van der Waals surface area contributed by atoms with Crippen LogP contribution in [0.4, 0.5) is 5.69 Å². The highest BCUT2D eigenvalue weighted by atomic mass is 16.6. The van der Waals surface area contributed by atoms with Gasteiger partial charge < -0.3 is 19.9 Å². The number of allylic oxidation sites excluding steroid dienone is 1. The third kappa shape index (κ3) is 4.00. The third-order valence-electron chi connectivity index (χ3n) is 3.17. The molecule has 0 aliphatic heterocycles. The van der Waals surface area contributed by atoms with Gasteiger partial charge >= 0.3 is 11.7 Å². The molecule has 1 aromatic carbocycles. The molecule has 0 unspecified atom stereocenters. The van der Waals surface area contributed by atoms with Gasteiger partial charge in [-0.05, 0) is 31.5 Å². The summed E-state index contributed by atoms with van der Waals surface area (Å²) in [5.74, 6) is -0.888. The number of phenols is 1. The topological polar surface area (TPSA) is 126 Å². The molecule has 8 heteroatoms. The smallest absolute Gasteiger partial charge is 0.322 e. The first-order chi connectivity index (χ1) is 10.9. The number of nitrogens with zero attached hydrogens (tertiary/aromatic N) is 1. The number of hydrogen-bond acceptors (Lipinski definition) is 6. The van der Waals surface area contributed by atoms with E-state index in [1.807, 2.05) is 0 Å². The van der Waals surface area contributed by atoms with Crippen LogP contribution in [0.1, 0.15) is 25.5 Å². The minimum atomic E-state index is -0.874. The molecule has 0 radical (unpaired) electrons. The van der Waals surface area contributed by atoms with Crippen molar-refractivity contribution in [3.63, 3.8) is 0 Å². The third-order valence-corrected chi connectivity index (χ3v) is 3.17. The molecule has 3 N–H and O–H groups in total. The van der Waals surface area contributed by atoms with Gasteiger partial charge in [0.15, 0.2) is 0 Å². The van der Waals surface area contributed by atoms with Gasteiger partial charge in [0.2, 0.25) is 5.76 Å². The van der Waals surface area contributed by atoms with Gasteiger partial charge in [0.25, 0.3) is 0 Å². The number of benzene rings is 1. The molecule has 2 aromatic rings. The Kier molecular flexibility index (Phi) is 4.85. The molecule has 0 bridgehead atoms. The van der Waals surface area contributed by atoms with Crippen molar-refractivity contribution < 1.29 is 24.3 Å². The fourth-order valence-electron chi connectivity index (χ4n) is 2.15. The average Bonchev–Trinajstić information content (AvgIpc) is 2.80. The predicted molar refractivity (Wildman–Crippen MR) is 83.1 cm³/mol. The Bertz CT molecular complexity index is 778. The van der Waals surface area contributed by atoms with E-state index >= 15 is 0 Å². The monoisotopic (exact) mass is 320 g/mol. The summed E-state index contributed by atoms with van der Waals surface area (Å²) < 4.78 is 5.47. The first-order valence-electron chi connectivity index (χ1n) is 6.92. The Labute approximate surface area is 131 Å². The van der Waals surface area contributed by atoms with E-state index in [-0.39, 0.29) is 29.0 Å². The Morgan fingerprint density at radius 2 is 2.22 bits per heavy atom. The van der Waals surface area contributed by atoms with Crippen molar-refractivity contribution in [3.8, 4) is 5.75 Å². The molecule has 1 aromatic heterocycles. The fraction of sp³-hybridized carbons (Fsp3) is 0.267. The van der Waals surface area contributed by atoms with Gasteiger partial charge in [-0.3, -0.25) is 14.9 Å². The van der Waals surface area contributed by atoms with Crippen LogP contribution in [0.2, 0.25) is 0 Å². The number of nitro groups is 1. The van der Waals surface area contributed by atoms with Crippen LogP contribution in [-0.2, 0) is 4.79 Å². The highest BCUT2D eigenvalue weighted by Crippen LogP contribution is 2.35. The summed E-state index contributed by atoms with van der Waals surface area (Å²) >= 11 is 0. The van der Waals surface area contributed by atoms with Crippen molar-refractivity contribution >= 4 is 28.7 Å². The predicted octanol–water partition coefficient (Wildman–Crippen LogP) is 2.86. The second kappa shape index (κ2) is 6.82. The van der Waals surface area contributed by atoms with Crippen molar-refractivity contribution in [1.82, 2.24) is 5.32 Å². The summed E-state index contributed by atoms with van der Waals surface area (Å²) in [5, 5.41) is 32.5. The van der Waals surface area contributed by atoms with E-state index in [4.69, 9.17) is 9.52 Å². The number of carbonyl (C=O) groups is 1. The molecule has 0 fully saturated rings. The van der Waals surface area contributed by atoms with Crippen molar-refractivity contribution in [1.29, 1.82) is 0 Å².